The number of carbonyl (C=O) groups is 2. The first-order chi connectivity index (χ1) is 12.8. The zero-order valence-electron chi connectivity index (χ0n) is 15.6. The molecule has 0 radical (unpaired) electrons. The topological polar surface area (TPSA) is 109 Å². The molecule has 2 amide bonds. The maximum atomic E-state index is 12.8. The highest BCUT2D eigenvalue weighted by molar-refractivity contribution is 7.89. The van der Waals surface area contributed by atoms with Crippen LogP contribution in [0, 0.1) is 0 Å². The summed E-state index contributed by atoms with van der Waals surface area (Å²) in [5.41, 5.74) is 0. The second kappa shape index (κ2) is 9.79. The van der Waals surface area contributed by atoms with Gasteiger partial charge in [-0.1, -0.05) is 18.2 Å². The van der Waals surface area contributed by atoms with E-state index in [1.807, 2.05) is 14.1 Å². The average molecular weight is 399 g/mol. The minimum absolute atomic E-state index is 0.1000. The number of hydrogen-bond donors (Lipinski definition) is 3. The fourth-order valence-corrected chi connectivity index (χ4v) is 4.18. The number of sulfonamides is 1. The van der Waals surface area contributed by atoms with Crippen LogP contribution in [0.2, 0.25) is 0 Å². The molecule has 0 spiro atoms. The molecule has 1 aromatic carbocycles. The normalized spacial score (nSPS) is 18.3. The number of amides is 2. The molecule has 0 saturated carbocycles. The van der Waals surface area contributed by atoms with Crippen LogP contribution in [-0.2, 0) is 24.3 Å². The molecule has 1 aliphatic heterocycles. The molecule has 0 aromatic heterocycles. The summed E-state index contributed by atoms with van der Waals surface area (Å²) >= 11 is 0. The first-order valence-corrected chi connectivity index (χ1v) is 10.3. The third-order valence-electron chi connectivity index (χ3n) is 4.06. The van der Waals surface area contributed by atoms with Crippen LogP contribution in [-0.4, -0.2) is 77.6 Å². The van der Waals surface area contributed by atoms with Crippen molar-refractivity contribution >= 4 is 21.8 Å². The van der Waals surface area contributed by atoms with E-state index in [-0.39, 0.29) is 18.0 Å². The highest BCUT2D eigenvalue weighted by Crippen LogP contribution is 2.21. The van der Waals surface area contributed by atoms with Crippen molar-refractivity contribution in [3.05, 3.63) is 30.3 Å². The summed E-state index contributed by atoms with van der Waals surface area (Å²) in [7, 11) is 0.128. The van der Waals surface area contributed by atoms with E-state index in [0.717, 1.165) is 4.90 Å². The highest BCUT2D eigenvalue weighted by atomic mass is 32.2. The van der Waals surface area contributed by atoms with Gasteiger partial charge in [0.1, 0.15) is 6.23 Å². The predicted octanol–water partition coefficient (Wildman–Crippen LogP) is -2.20. The molecule has 10 heteroatoms. The van der Waals surface area contributed by atoms with Gasteiger partial charge in [0.2, 0.25) is 10.0 Å². The summed E-state index contributed by atoms with van der Waals surface area (Å²) in [6, 6.07) is 8.06. The van der Waals surface area contributed by atoms with Crippen molar-refractivity contribution in [2.45, 2.75) is 17.5 Å². The number of benzene rings is 1. The fourth-order valence-electron chi connectivity index (χ4n) is 2.60. The molecule has 3 N–H and O–H groups in total. The van der Waals surface area contributed by atoms with Gasteiger partial charge in [0, 0.05) is 6.54 Å². The predicted molar refractivity (Wildman–Crippen MR) is 98.4 cm³/mol. The molecule has 1 atom stereocenters. The Kier molecular flexibility index (Phi) is 7.72. The third kappa shape index (κ3) is 5.99. The molecule has 2 rings (SSSR count). The van der Waals surface area contributed by atoms with E-state index in [4.69, 9.17) is 4.74 Å². The number of carbonyl (C=O) groups excluding carboxylic acids is 2. The van der Waals surface area contributed by atoms with Crippen LogP contribution in [0.25, 0.3) is 0 Å². The van der Waals surface area contributed by atoms with Crippen molar-refractivity contribution in [1.82, 2.24) is 14.9 Å². The van der Waals surface area contributed by atoms with Crippen LogP contribution in [0.1, 0.15) is 6.42 Å². The Hall–Kier alpha value is -2.01. The van der Waals surface area contributed by atoms with E-state index in [2.05, 4.69) is 10.6 Å². The van der Waals surface area contributed by atoms with E-state index in [1.165, 1.54) is 16.4 Å². The van der Waals surface area contributed by atoms with Gasteiger partial charge in [-0.15, -0.1) is 0 Å². The Morgan fingerprint density at radius 2 is 1.85 bits per heavy atom. The number of quaternary nitrogens is 1. The third-order valence-corrected chi connectivity index (χ3v) is 5.96. The van der Waals surface area contributed by atoms with Gasteiger partial charge in [0.15, 0.2) is 0 Å². The van der Waals surface area contributed by atoms with Crippen molar-refractivity contribution in [3.63, 3.8) is 0 Å². The molecule has 1 heterocycles. The van der Waals surface area contributed by atoms with Crippen LogP contribution in [0.5, 0.6) is 0 Å². The van der Waals surface area contributed by atoms with Crippen molar-refractivity contribution in [3.8, 4) is 0 Å². The van der Waals surface area contributed by atoms with Crippen molar-refractivity contribution in [1.29, 1.82) is 0 Å². The van der Waals surface area contributed by atoms with Crippen LogP contribution >= 0.6 is 0 Å². The Balaban J connectivity index is 1.96. The summed E-state index contributed by atoms with van der Waals surface area (Å²) in [6.45, 7) is 1.64. The molecule has 0 aliphatic carbocycles. The fraction of sp³-hybridized carbons (Fsp3) is 0.529. The van der Waals surface area contributed by atoms with Gasteiger partial charge in [0.05, 0.1) is 45.2 Å². The van der Waals surface area contributed by atoms with E-state index >= 15 is 0 Å². The lowest BCUT2D eigenvalue weighted by molar-refractivity contribution is -0.856. The first-order valence-electron chi connectivity index (χ1n) is 8.86. The van der Waals surface area contributed by atoms with Gasteiger partial charge >= 0.3 is 11.8 Å². The van der Waals surface area contributed by atoms with E-state index in [0.29, 0.717) is 26.1 Å². The molecular formula is C17H27N4O5S+. The van der Waals surface area contributed by atoms with Gasteiger partial charge in [-0.3, -0.25) is 9.59 Å². The number of hydrogen-bond acceptors (Lipinski definition) is 5. The summed E-state index contributed by atoms with van der Waals surface area (Å²) in [5, 5.41) is 4.98. The molecule has 9 nitrogen and oxygen atoms in total. The zero-order chi connectivity index (χ0) is 19.9. The van der Waals surface area contributed by atoms with Gasteiger partial charge in [-0.25, -0.2) is 8.42 Å². The van der Waals surface area contributed by atoms with Crippen molar-refractivity contribution in [2.24, 2.45) is 0 Å². The van der Waals surface area contributed by atoms with Crippen LogP contribution in [0.3, 0.4) is 0 Å². The second-order valence-electron chi connectivity index (χ2n) is 6.53. The molecule has 0 unspecified atom stereocenters. The molecule has 0 bridgehead atoms. The van der Waals surface area contributed by atoms with Crippen LogP contribution in [0.15, 0.2) is 35.2 Å². The maximum absolute atomic E-state index is 12.8. The second-order valence-corrected chi connectivity index (χ2v) is 8.42. The average Bonchev–Trinajstić information content (AvgIpc) is 2.66. The number of rotatable bonds is 7. The molecule has 1 saturated heterocycles. The maximum Gasteiger partial charge on any atom is 0.309 e. The standard InChI is InChI=1S/C17H26N4O5S/c1-20(2)11-9-18-16(22)17(23)19-13-15-21(10-6-12-26-15)27(24,25)14-7-4-3-5-8-14/h3-5,7-8,15H,6,9-13H2,1-2H3,(H,18,22)(H,19,23)/p+1/t15-/m0/s1. The summed E-state index contributed by atoms with van der Waals surface area (Å²) in [5.74, 6) is -1.56. The van der Waals surface area contributed by atoms with E-state index < -0.39 is 28.1 Å². The number of nitrogens with zero attached hydrogens (tertiary/aromatic N) is 1. The lowest BCUT2D eigenvalue weighted by Crippen LogP contribution is -3.06. The Labute approximate surface area is 159 Å². The minimum Gasteiger partial charge on any atom is -0.360 e. The zero-order valence-corrected chi connectivity index (χ0v) is 16.4. The number of nitrogens with one attached hydrogen (secondary N) is 3. The van der Waals surface area contributed by atoms with E-state index in [9.17, 15) is 18.0 Å². The van der Waals surface area contributed by atoms with Gasteiger partial charge < -0.3 is 20.3 Å². The smallest absolute Gasteiger partial charge is 0.309 e. The SMILES string of the molecule is C[NH+](C)CCNC(=O)C(=O)NC[C@@H]1OCCCN1S(=O)(=O)c1ccccc1. The van der Waals surface area contributed by atoms with Gasteiger partial charge in [-0.05, 0) is 18.6 Å². The summed E-state index contributed by atoms with van der Waals surface area (Å²) in [6.07, 6.45) is -0.295. The first kappa shape index (κ1) is 21.3. The highest BCUT2D eigenvalue weighted by Gasteiger charge is 2.34. The molecular weight excluding hydrogens is 372 g/mol. The molecule has 1 aromatic rings. The molecule has 150 valence electrons. The number of ether oxygens (including phenoxy) is 1. The van der Waals surface area contributed by atoms with Crippen molar-refractivity contribution in [2.75, 3.05) is 46.9 Å². The lowest BCUT2D eigenvalue weighted by atomic mass is 10.3. The largest absolute Gasteiger partial charge is 0.360 e. The lowest BCUT2D eigenvalue weighted by Gasteiger charge is -2.34. The Morgan fingerprint density at radius 1 is 1.19 bits per heavy atom. The summed E-state index contributed by atoms with van der Waals surface area (Å²) in [4.78, 5) is 25.0. The quantitative estimate of drug-likeness (QED) is 0.451. The molecule has 1 aliphatic rings. The van der Waals surface area contributed by atoms with Gasteiger partial charge in [0.25, 0.3) is 0 Å². The Morgan fingerprint density at radius 3 is 2.52 bits per heavy atom. The Bertz CT molecular complexity index is 739. The van der Waals surface area contributed by atoms with Crippen LogP contribution in [0.4, 0.5) is 0 Å². The van der Waals surface area contributed by atoms with Gasteiger partial charge in [-0.2, -0.15) is 4.31 Å². The molecule has 1 fully saturated rings. The minimum atomic E-state index is -3.75. The summed E-state index contributed by atoms with van der Waals surface area (Å²) < 4.78 is 32.4. The van der Waals surface area contributed by atoms with Crippen LogP contribution < -0.4 is 15.5 Å². The molecule has 27 heavy (non-hydrogen) atoms. The van der Waals surface area contributed by atoms with Crippen molar-refractivity contribution < 1.29 is 27.6 Å². The number of likely N-dealkylation sites (N-methyl/N-ethyl adjacent to an activating group) is 1. The monoisotopic (exact) mass is 399 g/mol. The van der Waals surface area contributed by atoms with E-state index in [1.54, 1.807) is 18.2 Å².